The largest absolute Gasteiger partial charge is 0.497 e. The maximum Gasteiger partial charge on any atom is 0.272 e. The number of benzene rings is 1. The molecule has 0 radical (unpaired) electrons. The van der Waals surface area contributed by atoms with E-state index in [1.165, 1.54) is 11.3 Å². The lowest BCUT2D eigenvalue weighted by atomic mass is 10.2. The molecule has 8 heteroatoms. The summed E-state index contributed by atoms with van der Waals surface area (Å²) in [7, 11) is 1.62. The van der Waals surface area contributed by atoms with E-state index in [1.54, 1.807) is 11.7 Å². The number of nitrogens with zero attached hydrogens (tertiary/aromatic N) is 3. The first-order valence-corrected chi connectivity index (χ1v) is 10.7. The van der Waals surface area contributed by atoms with Crippen molar-refractivity contribution in [2.24, 2.45) is 0 Å². The molecule has 1 fully saturated rings. The first-order chi connectivity index (χ1) is 14.2. The SMILES string of the molecule is COc1ccc(CNC(=O)CCn2c(N3CCCC3)nc3ccsc3c2=O)cc1. The normalized spacial score (nSPS) is 13.8. The molecule has 0 unspecified atom stereocenters. The van der Waals surface area contributed by atoms with Gasteiger partial charge in [0.15, 0.2) is 0 Å². The number of anilines is 1. The second-order valence-corrected chi connectivity index (χ2v) is 7.99. The Morgan fingerprint density at radius 1 is 1.21 bits per heavy atom. The van der Waals surface area contributed by atoms with Gasteiger partial charge in [-0.15, -0.1) is 11.3 Å². The van der Waals surface area contributed by atoms with Crippen LogP contribution in [0, 0.1) is 0 Å². The molecule has 1 N–H and O–H groups in total. The van der Waals surface area contributed by atoms with Crippen molar-refractivity contribution in [1.29, 1.82) is 0 Å². The molecule has 1 aliphatic heterocycles. The molecule has 0 bridgehead atoms. The molecule has 152 valence electrons. The number of nitrogens with one attached hydrogen (secondary N) is 1. The second-order valence-electron chi connectivity index (χ2n) is 7.07. The quantitative estimate of drug-likeness (QED) is 0.646. The van der Waals surface area contributed by atoms with Gasteiger partial charge in [0.2, 0.25) is 11.9 Å². The molecule has 0 spiro atoms. The van der Waals surface area contributed by atoms with Gasteiger partial charge in [-0.25, -0.2) is 4.98 Å². The highest BCUT2D eigenvalue weighted by Crippen LogP contribution is 2.22. The van der Waals surface area contributed by atoms with Crippen molar-refractivity contribution in [3.05, 3.63) is 51.6 Å². The van der Waals surface area contributed by atoms with Gasteiger partial charge in [-0.2, -0.15) is 0 Å². The summed E-state index contributed by atoms with van der Waals surface area (Å²) in [5.74, 6) is 1.37. The van der Waals surface area contributed by atoms with Crippen molar-refractivity contribution in [2.75, 3.05) is 25.1 Å². The zero-order chi connectivity index (χ0) is 20.2. The van der Waals surface area contributed by atoms with E-state index in [4.69, 9.17) is 9.72 Å². The van der Waals surface area contributed by atoms with E-state index in [0.717, 1.165) is 42.8 Å². The number of carbonyl (C=O) groups excluding carboxylic acids is 1. The van der Waals surface area contributed by atoms with Gasteiger partial charge in [0.1, 0.15) is 10.4 Å². The molecule has 1 aliphatic rings. The van der Waals surface area contributed by atoms with Crippen LogP contribution in [0.25, 0.3) is 10.2 Å². The van der Waals surface area contributed by atoms with Gasteiger partial charge in [0.05, 0.1) is 12.6 Å². The average molecular weight is 413 g/mol. The first kappa shape index (κ1) is 19.4. The minimum absolute atomic E-state index is 0.0603. The molecule has 0 saturated carbocycles. The average Bonchev–Trinajstić information content (AvgIpc) is 3.43. The van der Waals surface area contributed by atoms with Crippen molar-refractivity contribution < 1.29 is 9.53 Å². The van der Waals surface area contributed by atoms with E-state index >= 15 is 0 Å². The summed E-state index contributed by atoms with van der Waals surface area (Å²) in [6, 6.07) is 9.46. The van der Waals surface area contributed by atoms with Crippen molar-refractivity contribution >= 4 is 33.4 Å². The third kappa shape index (κ3) is 4.27. The summed E-state index contributed by atoms with van der Waals surface area (Å²) < 4.78 is 7.45. The molecular weight excluding hydrogens is 388 g/mol. The number of methoxy groups -OCH3 is 1. The molecule has 1 saturated heterocycles. The maximum absolute atomic E-state index is 13.0. The van der Waals surface area contributed by atoms with Gasteiger partial charge in [-0.1, -0.05) is 12.1 Å². The highest BCUT2D eigenvalue weighted by molar-refractivity contribution is 7.17. The molecule has 7 nitrogen and oxygen atoms in total. The number of ether oxygens (including phenoxy) is 1. The Morgan fingerprint density at radius 2 is 1.97 bits per heavy atom. The number of thiophene rings is 1. The third-order valence-electron chi connectivity index (χ3n) is 5.15. The van der Waals surface area contributed by atoms with Crippen molar-refractivity contribution in [1.82, 2.24) is 14.9 Å². The molecule has 2 aromatic heterocycles. The summed E-state index contributed by atoms with van der Waals surface area (Å²) >= 11 is 1.40. The summed E-state index contributed by atoms with van der Waals surface area (Å²) in [6.07, 6.45) is 2.43. The number of carbonyl (C=O) groups is 1. The lowest BCUT2D eigenvalue weighted by Gasteiger charge is -2.21. The Hall–Kier alpha value is -2.87. The molecule has 3 heterocycles. The number of hydrogen-bond acceptors (Lipinski definition) is 6. The van der Waals surface area contributed by atoms with Crippen LogP contribution in [-0.2, 0) is 17.9 Å². The summed E-state index contributed by atoms with van der Waals surface area (Å²) in [5.41, 5.74) is 1.67. The van der Waals surface area contributed by atoms with Crippen LogP contribution in [-0.4, -0.2) is 35.7 Å². The lowest BCUT2D eigenvalue weighted by Crippen LogP contribution is -2.32. The van der Waals surface area contributed by atoms with E-state index in [2.05, 4.69) is 10.2 Å². The van der Waals surface area contributed by atoms with E-state index in [1.807, 2.05) is 35.7 Å². The lowest BCUT2D eigenvalue weighted by molar-refractivity contribution is -0.121. The Labute approximate surface area is 172 Å². The highest BCUT2D eigenvalue weighted by atomic mass is 32.1. The van der Waals surface area contributed by atoms with Gasteiger partial charge >= 0.3 is 0 Å². The first-order valence-electron chi connectivity index (χ1n) is 9.78. The summed E-state index contributed by atoms with van der Waals surface area (Å²) in [4.78, 5) is 32.2. The smallest absolute Gasteiger partial charge is 0.272 e. The van der Waals surface area contributed by atoms with E-state index in [9.17, 15) is 9.59 Å². The maximum atomic E-state index is 13.0. The van der Waals surface area contributed by atoms with Crippen LogP contribution < -0.4 is 20.5 Å². The number of hydrogen-bond donors (Lipinski definition) is 1. The topological polar surface area (TPSA) is 76.5 Å². The van der Waals surface area contributed by atoms with E-state index in [0.29, 0.717) is 23.7 Å². The molecule has 29 heavy (non-hydrogen) atoms. The Bertz CT molecular complexity index is 1050. The molecule has 4 rings (SSSR count). The molecule has 3 aromatic rings. The second kappa shape index (κ2) is 8.65. The fourth-order valence-corrected chi connectivity index (χ4v) is 4.32. The van der Waals surface area contributed by atoms with Crippen molar-refractivity contribution in [2.45, 2.75) is 32.4 Å². The number of fused-ring (bicyclic) bond motifs is 1. The number of amides is 1. The van der Waals surface area contributed by atoms with Crippen LogP contribution in [0.3, 0.4) is 0 Å². The third-order valence-corrected chi connectivity index (χ3v) is 6.04. The van der Waals surface area contributed by atoms with Gasteiger partial charge in [-0.05, 0) is 42.0 Å². The zero-order valence-electron chi connectivity index (χ0n) is 16.4. The fraction of sp³-hybridized carbons (Fsp3) is 0.381. The van der Waals surface area contributed by atoms with Crippen LogP contribution in [0.4, 0.5) is 5.95 Å². The summed E-state index contributed by atoms with van der Waals surface area (Å²) in [5, 5.41) is 4.81. The molecule has 1 amide bonds. The highest BCUT2D eigenvalue weighted by Gasteiger charge is 2.21. The van der Waals surface area contributed by atoms with Gasteiger partial charge in [0.25, 0.3) is 5.56 Å². The molecule has 0 atom stereocenters. The molecule has 0 aliphatic carbocycles. The summed E-state index contributed by atoms with van der Waals surface area (Å²) in [6.45, 7) is 2.55. The Kier molecular flexibility index (Phi) is 5.80. The predicted octanol–water partition coefficient (Wildman–Crippen LogP) is 2.77. The van der Waals surface area contributed by atoms with E-state index < -0.39 is 0 Å². The van der Waals surface area contributed by atoms with Crippen LogP contribution in [0.2, 0.25) is 0 Å². The van der Waals surface area contributed by atoms with Crippen LogP contribution in [0.15, 0.2) is 40.5 Å². The Morgan fingerprint density at radius 3 is 2.69 bits per heavy atom. The minimum atomic E-state index is -0.0913. The predicted molar refractivity (Wildman–Crippen MR) is 115 cm³/mol. The van der Waals surface area contributed by atoms with E-state index in [-0.39, 0.29) is 17.9 Å². The van der Waals surface area contributed by atoms with Crippen molar-refractivity contribution in [3.63, 3.8) is 0 Å². The standard InChI is InChI=1S/C21H24N4O3S/c1-28-16-6-4-15(5-7-16)14-22-18(26)8-12-25-20(27)19-17(9-13-29-19)23-21(25)24-10-2-3-11-24/h4-7,9,13H,2-3,8,10-12,14H2,1H3,(H,22,26). The molecular formula is C21H24N4O3S. The number of aromatic nitrogens is 2. The molecule has 1 aromatic carbocycles. The zero-order valence-corrected chi connectivity index (χ0v) is 17.2. The fourth-order valence-electron chi connectivity index (χ4n) is 3.54. The van der Waals surface area contributed by atoms with Crippen LogP contribution in [0.1, 0.15) is 24.8 Å². The van der Waals surface area contributed by atoms with Gasteiger partial charge in [0, 0.05) is 32.6 Å². The number of rotatable bonds is 7. The van der Waals surface area contributed by atoms with Gasteiger partial charge in [-0.3, -0.25) is 14.2 Å². The monoisotopic (exact) mass is 412 g/mol. The van der Waals surface area contributed by atoms with Crippen LogP contribution >= 0.6 is 11.3 Å². The van der Waals surface area contributed by atoms with Crippen molar-refractivity contribution in [3.8, 4) is 5.75 Å². The Balaban J connectivity index is 1.45. The van der Waals surface area contributed by atoms with Crippen LogP contribution in [0.5, 0.6) is 5.75 Å². The minimum Gasteiger partial charge on any atom is -0.497 e. The van der Waals surface area contributed by atoms with Gasteiger partial charge < -0.3 is 15.0 Å².